The van der Waals surface area contributed by atoms with Crippen LogP contribution in [0.2, 0.25) is 0 Å². The van der Waals surface area contributed by atoms with E-state index in [-0.39, 0.29) is 0 Å². The van der Waals surface area contributed by atoms with E-state index in [2.05, 4.69) is 32.3 Å². The number of nitrogens with zero attached hydrogens (tertiary/aromatic N) is 3. The van der Waals surface area contributed by atoms with E-state index in [0.717, 1.165) is 42.6 Å². The Kier molecular flexibility index (Phi) is 5.24. The van der Waals surface area contributed by atoms with Crippen LogP contribution in [0.25, 0.3) is 10.7 Å². The van der Waals surface area contributed by atoms with Gasteiger partial charge in [-0.2, -0.15) is 0 Å². The fourth-order valence-electron chi connectivity index (χ4n) is 3.37. The second-order valence-corrected chi connectivity index (χ2v) is 7.39. The van der Waals surface area contributed by atoms with Crippen LogP contribution in [-0.2, 0) is 6.54 Å². The normalized spacial score (nSPS) is 18.0. The number of thiazole rings is 1. The van der Waals surface area contributed by atoms with Crippen molar-refractivity contribution >= 4 is 11.3 Å². The Morgan fingerprint density at radius 2 is 2.08 bits per heavy atom. The second-order valence-electron chi connectivity index (χ2n) is 6.28. The summed E-state index contributed by atoms with van der Waals surface area (Å²) in [6.07, 6.45) is 3.79. The molecule has 6 heteroatoms. The summed E-state index contributed by atoms with van der Waals surface area (Å²) >= 11 is 1.72. The van der Waals surface area contributed by atoms with Crippen molar-refractivity contribution in [2.24, 2.45) is 0 Å². The zero-order chi connectivity index (χ0) is 17.8. The predicted molar refractivity (Wildman–Crippen MR) is 104 cm³/mol. The first-order valence-electron chi connectivity index (χ1n) is 8.79. The SMILES string of the molecule is COc1ccccc1C1CNCCN1Cc1cnc(-c2ccccn2)s1. The molecule has 2 aromatic heterocycles. The summed E-state index contributed by atoms with van der Waals surface area (Å²) in [7, 11) is 1.74. The number of para-hydroxylation sites is 1. The molecule has 5 nitrogen and oxygen atoms in total. The average Bonchev–Trinajstić information content (AvgIpc) is 3.18. The number of ether oxygens (including phenoxy) is 1. The first-order chi connectivity index (χ1) is 12.8. The number of methoxy groups -OCH3 is 1. The Balaban J connectivity index is 1.55. The molecule has 0 saturated carbocycles. The first-order valence-corrected chi connectivity index (χ1v) is 9.60. The monoisotopic (exact) mass is 366 g/mol. The van der Waals surface area contributed by atoms with Crippen LogP contribution in [0.4, 0.5) is 0 Å². The summed E-state index contributed by atoms with van der Waals surface area (Å²) in [4.78, 5) is 12.7. The third-order valence-electron chi connectivity index (χ3n) is 4.65. The first kappa shape index (κ1) is 17.1. The standard InChI is InChI=1S/C20H22N4OS/c1-25-19-8-3-2-6-16(19)18-13-21-10-11-24(18)14-15-12-23-20(26-15)17-7-4-5-9-22-17/h2-9,12,18,21H,10-11,13-14H2,1H3. The molecule has 0 bridgehead atoms. The fraction of sp³-hybridized carbons (Fsp3) is 0.300. The van der Waals surface area contributed by atoms with Crippen molar-refractivity contribution in [2.75, 3.05) is 26.7 Å². The molecule has 26 heavy (non-hydrogen) atoms. The smallest absolute Gasteiger partial charge is 0.142 e. The molecular weight excluding hydrogens is 344 g/mol. The Labute approximate surface area is 157 Å². The molecule has 0 amide bonds. The quantitative estimate of drug-likeness (QED) is 0.750. The number of rotatable bonds is 5. The maximum atomic E-state index is 5.59. The number of pyridine rings is 1. The van der Waals surface area contributed by atoms with Gasteiger partial charge in [0, 0.05) is 49.0 Å². The van der Waals surface area contributed by atoms with Gasteiger partial charge in [0.05, 0.1) is 18.8 Å². The second kappa shape index (κ2) is 7.95. The molecule has 1 unspecified atom stereocenters. The van der Waals surface area contributed by atoms with Gasteiger partial charge in [0.15, 0.2) is 0 Å². The summed E-state index contributed by atoms with van der Waals surface area (Å²) < 4.78 is 5.59. The van der Waals surface area contributed by atoms with Gasteiger partial charge in [-0.25, -0.2) is 4.98 Å². The highest BCUT2D eigenvalue weighted by Crippen LogP contribution is 2.32. The number of piperazine rings is 1. The number of benzene rings is 1. The Morgan fingerprint density at radius 1 is 1.19 bits per heavy atom. The van der Waals surface area contributed by atoms with Crippen LogP contribution in [0.3, 0.4) is 0 Å². The molecule has 4 rings (SSSR count). The minimum Gasteiger partial charge on any atom is -0.496 e. The maximum absolute atomic E-state index is 5.59. The highest BCUT2D eigenvalue weighted by atomic mass is 32.1. The van der Waals surface area contributed by atoms with Crippen molar-refractivity contribution in [3.63, 3.8) is 0 Å². The lowest BCUT2D eigenvalue weighted by Crippen LogP contribution is -2.45. The van der Waals surface area contributed by atoms with Gasteiger partial charge in [-0.05, 0) is 18.2 Å². The van der Waals surface area contributed by atoms with E-state index in [1.165, 1.54) is 10.4 Å². The van der Waals surface area contributed by atoms with Gasteiger partial charge in [-0.1, -0.05) is 24.3 Å². The Morgan fingerprint density at radius 3 is 2.92 bits per heavy atom. The molecular formula is C20H22N4OS. The van der Waals surface area contributed by atoms with Crippen molar-refractivity contribution in [1.29, 1.82) is 0 Å². The number of hydrogen-bond donors (Lipinski definition) is 1. The van der Waals surface area contributed by atoms with Gasteiger partial charge in [0.1, 0.15) is 10.8 Å². The van der Waals surface area contributed by atoms with Crippen LogP contribution in [-0.4, -0.2) is 41.6 Å². The molecule has 1 aliphatic heterocycles. The van der Waals surface area contributed by atoms with Crippen LogP contribution in [0.5, 0.6) is 5.75 Å². The van der Waals surface area contributed by atoms with E-state index in [0.29, 0.717) is 6.04 Å². The molecule has 1 aliphatic rings. The minimum absolute atomic E-state index is 0.292. The van der Waals surface area contributed by atoms with Crippen LogP contribution in [0.15, 0.2) is 54.9 Å². The lowest BCUT2D eigenvalue weighted by atomic mass is 10.0. The summed E-state index contributed by atoms with van der Waals surface area (Å²) in [5.74, 6) is 0.949. The largest absolute Gasteiger partial charge is 0.496 e. The molecule has 1 atom stereocenters. The molecule has 3 aromatic rings. The van der Waals surface area contributed by atoms with Gasteiger partial charge < -0.3 is 10.1 Å². The molecule has 0 spiro atoms. The third-order valence-corrected chi connectivity index (χ3v) is 5.65. The summed E-state index contributed by atoms with van der Waals surface area (Å²) in [6, 6.07) is 14.5. The van der Waals surface area contributed by atoms with Crippen LogP contribution in [0.1, 0.15) is 16.5 Å². The predicted octanol–water partition coefficient (Wildman–Crippen LogP) is 3.36. The topological polar surface area (TPSA) is 50.3 Å². The number of aromatic nitrogens is 2. The van der Waals surface area contributed by atoms with Crippen molar-refractivity contribution < 1.29 is 4.74 Å². The summed E-state index contributed by atoms with van der Waals surface area (Å²) in [6.45, 7) is 3.80. The van der Waals surface area contributed by atoms with E-state index in [4.69, 9.17) is 4.74 Å². The van der Waals surface area contributed by atoms with Crippen LogP contribution >= 0.6 is 11.3 Å². The van der Waals surface area contributed by atoms with Crippen molar-refractivity contribution in [3.05, 3.63) is 65.3 Å². The molecule has 1 aromatic carbocycles. The molecule has 1 saturated heterocycles. The molecule has 0 aliphatic carbocycles. The third kappa shape index (κ3) is 3.62. The minimum atomic E-state index is 0.292. The molecule has 1 N–H and O–H groups in total. The summed E-state index contributed by atoms with van der Waals surface area (Å²) in [5, 5.41) is 4.49. The van der Waals surface area contributed by atoms with Crippen LogP contribution in [0, 0.1) is 0 Å². The van der Waals surface area contributed by atoms with E-state index < -0.39 is 0 Å². The molecule has 3 heterocycles. The Hall–Kier alpha value is -2.28. The van der Waals surface area contributed by atoms with Gasteiger partial charge in [-0.3, -0.25) is 9.88 Å². The zero-order valence-corrected chi connectivity index (χ0v) is 15.6. The zero-order valence-electron chi connectivity index (χ0n) is 14.8. The highest BCUT2D eigenvalue weighted by molar-refractivity contribution is 7.14. The fourth-order valence-corrected chi connectivity index (χ4v) is 4.29. The van der Waals surface area contributed by atoms with E-state index in [1.807, 2.05) is 42.7 Å². The van der Waals surface area contributed by atoms with Gasteiger partial charge in [-0.15, -0.1) is 11.3 Å². The van der Waals surface area contributed by atoms with Crippen molar-refractivity contribution in [3.8, 4) is 16.5 Å². The summed E-state index contributed by atoms with van der Waals surface area (Å²) in [5.41, 5.74) is 2.17. The number of nitrogens with one attached hydrogen (secondary N) is 1. The highest BCUT2D eigenvalue weighted by Gasteiger charge is 2.26. The van der Waals surface area contributed by atoms with E-state index >= 15 is 0 Å². The molecule has 134 valence electrons. The van der Waals surface area contributed by atoms with Gasteiger partial charge in [0.25, 0.3) is 0 Å². The average molecular weight is 366 g/mol. The Bertz CT molecular complexity index is 852. The van der Waals surface area contributed by atoms with Gasteiger partial charge >= 0.3 is 0 Å². The van der Waals surface area contributed by atoms with Gasteiger partial charge in [0.2, 0.25) is 0 Å². The lowest BCUT2D eigenvalue weighted by molar-refractivity contribution is 0.152. The van der Waals surface area contributed by atoms with E-state index in [1.54, 1.807) is 18.4 Å². The van der Waals surface area contributed by atoms with Crippen molar-refractivity contribution in [2.45, 2.75) is 12.6 Å². The van der Waals surface area contributed by atoms with Crippen molar-refractivity contribution in [1.82, 2.24) is 20.2 Å². The molecule has 1 fully saturated rings. The van der Waals surface area contributed by atoms with Crippen LogP contribution < -0.4 is 10.1 Å². The molecule has 0 radical (unpaired) electrons. The maximum Gasteiger partial charge on any atom is 0.142 e. The number of hydrogen-bond acceptors (Lipinski definition) is 6. The lowest BCUT2D eigenvalue weighted by Gasteiger charge is -2.36. The van der Waals surface area contributed by atoms with E-state index in [9.17, 15) is 0 Å².